The zero-order valence-electron chi connectivity index (χ0n) is 15.9. The third-order valence-electron chi connectivity index (χ3n) is 7.34. The molecule has 0 radical (unpaired) electrons. The third-order valence-corrected chi connectivity index (χ3v) is 7.34. The molecule has 144 valence electrons. The highest BCUT2D eigenvalue weighted by Gasteiger charge is 2.54. The van der Waals surface area contributed by atoms with Gasteiger partial charge in [-0.2, -0.15) is 0 Å². The van der Waals surface area contributed by atoms with Gasteiger partial charge in [-0.3, -0.25) is 4.79 Å². The van der Waals surface area contributed by atoms with Crippen LogP contribution in [-0.4, -0.2) is 15.8 Å². The third kappa shape index (κ3) is 2.65. The standard InChI is InChI=1S/C22H23N3O3/c1-22-9-8-17-16-5-3-15(28-21-23-11-14(25-27)12-24-21)10-13(16)2-4-18(17)19(22)6-7-20(22)26/h3,5,10-12,17-19H,2,4,6-9H2,1H3/t17-,18-,19+,22+/m1/s1. The van der Waals surface area contributed by atoms with Crippen molar-refractivity contribution >= 4 is 11.5 Å². The number of ether oxygens (including phenoxy) is 1. The molecule has 1 heterocycles. The summed E-state index contributed by atoms with van der Waals surface area (Å²) in [7, 11) is 0. The van der Waals surface area contributed by atoms with E-state index in [0.717, 1.165) is 38.5 Å². The van der Waals surface area contributed by atoms with Gasteiger partial charge in [-0.25, -0.2) is 9.97 Å². The highest BCUT2D eigenvalue weighted by Crippen LogP contribution is 2.59. The van der Waals surface area contributed by atoms with Crippen LogP contribution in [-0.2, 0) is 11.2 Å². The average Bonchev–Trinajstić information content (AvgIpc) is 3.03. The summed E-state index contributed by atoms with van der Waals surface area (Å²) in [5.74, 6) is 2.91. The van der Waals surface area contributed by atoms with E-state index in [9.17, 15) is 9.70 Å². The summed E-state index contributed by atoms with van der Waals surface area (Å²) < 4.78 is 5.77. The zero-order chi connectivity index (χ0) is 19.3. The quantitative estimate of drug-likeness (QED) is 0.696. The number of nitrogens with zero attached hydrogens (tertiary/aromatic N) is 3. The minimum absolute atomic E-state index is 0.0817. The molecular formula is C22H23N3O3. The summed E-state index contributed by atoms with van der Waals surface area (Å²) in [6.07, 6.45) is 8.80. The van der Waals surface area contributed by atoms with E-state index in [-0.39, 0.29) is 17.1 Å². The van der Waals surface area contributed by atoms with Crippen LogP contribution in [0.3, 0.4) is 0 Å². The molecule has 2 fully saturated rings. The summed E-state index contributed by atoms with van der Waals surface area (Å²) in [6, 6.07) is 6.46. The summed E-state index contributed by atoms with van der Waals surface area (Å²) in [5.41, 5.74) is 2.85. The van der Waals surface area contributed by atoms with E-state index < -0.39 is 0 Å². The molecule has 1 aromatic carbocycles. The molecule has 0 amide bonds. The van der Waals surface area contributed by atoms with Crippen LogP contribution in [0.1, 0.15) is 56.1 Å². The first-order valence-electron chi connectivity index (χ1n) is 10.1. The van der Waals surface area contributed by atoms with Crippen LogP contribution in [0.25, 0.3) is 0 Å². The van der Waals surface area contributed by atoms with Gasteiger partial charge in [0.1, 0.15) is 17.2 Å². The molecule has 0 spiro atoms. The topological polar surface area (TPSA) is 81.5 Å². The second-order valence-electron chi connectivity index (χ2n) is 8.61. The molecule has 3 aliphatic rings. The fourth-order valence-electron chi connectivity index (χ4n) is 5.91. The van der Waals surface area contributed by atoms with Gasteiger partial charge < -0.3 is 4.74 Å². The Morgan fingerprint density at radius 2 is 1.96 bits per heavy atom. The molecule has 6 nitrogen and oxygen atoms in total. The molecule has 0 N–H and O–H groups in total. The van der Waals surface area contributed by atoms with Crippen molar-refractivity contribution in [1.82, 2.24) is 9.97 Å². The highest BCUT2D eigenvalue weighted by atomic mass is 16.5. The Labute approximate surface area is 163 Å². The number of carbonyl (C=O) groups excluding carboxylic acids is 1. The second-order valence-corrected chi connectivity index (χ2v) is 8.61. The summed E-state index contributed by atoms with van der Waals surface area (Å²) in [4.78, 5) is 31.0. The molecule has 28 heavy (non-hydrogen) atoms. The maximum Gasteiger partial charge on any atom is 0.322 e. The van der Waals surface area contributed by atoms with E-state index >= 15 is 0 Å². The predicted molar refractivity (Wildman–Crippen MR) is 104 cm³/mol. The number of ketones is 1. The lowest BCUT2D eigenvalue weighted by Gasteiger charge is -2.48. The van der Waals surface area contributed by atoms with E-state index in [1.54, 1.807) is 0 Å². The van der Waals surface area contributed by atoms with E-state index in [0.29, 0.717) is 29.3 Å². The Hall–Kier alpha value is -2.63. The predicted octanol–water partition coefficient (Wildman–Crippen LogP) is 5.09. The molecule has 0 aliphatic heterocycles. The Morgan fingerprint density at radius 3 is 2.75 bits per heavy atom. The van der Waals surface area contributed by atoms with E-state index in [1.807, 2.05) is 6.07 Å². The molecule has 0 unspecified atom stereocenters. The van der Waals surface area contributed by atoms with Crippen molar-refractivity contribution in [3.8, 4) is 11.8 Å². The van der Waals surface area contributed by atoms with Crippen molar-refractivity contribution in [3.05, 3.63) is 46.6 Å². The molecule has 0 saturated heterocycles. The molecule has 2 aromatic rings. The molecular weight excluding hydrogens is 354 g/mol. The molecule has 4 atom stereocenters. The van der Waals surface area contributed by atoms with Gasteiger partial charge >= 0.3 is 6.01 Å². The number of Topliss-reactive ketones (excluding diaryl/α,β-unsaturated/α-hetero) is 1. The number of aryl methyl sites for hydroxylation is 1. The van der Waals surface area contributed by atoms with E-state index in [2.05, 4.69) is 34.2 Å². The lowest BCUT2D eigenvalue weighted by Crippen LogP contribution is -2.42. The molecule has 1 aromatic heterocycles. The van der Waals surface area contributed by atoms with Crippen molar-refractivity contribution in [2.45, 2.75) is 51.4 Å². The number of nitroso groups, excluding NO2 is 1. The lowest BCUT2D eigenvalue weighted by atomic mass is 9.55. The smallest absolute Gasteiger partial charge is 0.322 e. The Balaban J connectivity index is 1.38. The van der Waals surface area contributed by atoms with E-state index in [4.69, 9.17) is 4.74 Å². The number of carbonyl (C=O) groups is 1. The van der Waals surface area contributed by atoms with Crippen molar-refractivity contribution in [3.63, 3.8) is 0 Å². The first kappa shape index (κ1) is 17.5. The maximum atomic E-state index is 12.5. The minimum atomic E-state index is -0.0817. The Bertz CT molecular complexity index is 943. The van der Waals surface area contributed by atoms with Gasteiger partial charge in [0.25, 0.3) is 0 Å². The largest absolute Gasteiger partial charge is 0.424 e. The van der Waals surface area contributed by atoms with Gasteiger partial charge in [-0.1, -0.05) is 13.0 Å². The van der Waals surface area contributed by atoms with E-state index in [1.165, 1.54) is 23.5 Å². The molecule has 5 rings (SSSR count). The number of hydrogen-bond acceptors (Lipinski definition) is 6. The van der Waals surface area contributed by atoms with Crippen molar-refractivity contribution in [2.24, 2.45) is 22.4 Å². The highest BCUT2D eigenvalue weighted by molar-refractivity contribution is 5.87. The minimum Gasteiger partial charge on any atom is -0.424 e. The van der Waals surface area contributed by atoms with Gasteiger partial charge in [0.15, 0.2) is 0 Å². The summed E-state index contributed by atoms with van der Waals surface area (Å²) in [6.45, 7) is 2.21. The van der Waals surface area contributed by atoms with Crippen LogP contribution in [0.2, 0.25) is 0 Å². The van der Waals surface area contributed by atoms with Crippen LogP contribution in [0.4, 0.5) is 5.69 Å². The van der Waals surface area contributed by atoms with Gasteiger partial charge in [-0.05, 0) is 78.3 Å². The maximum absolute atomic E-state index is 12.5. The second kappa shape index (κ2) is 6.47. The van der Waals surface area contributed by atoms with Crippen LogP contribution in [0, 0.1) is 22.2 Å². The molecule has 2 saturated carbocycles. The van der Waals surface area contributed by atoms with Gasteiger partial charge in [-0.15, -0.1) is 4.91 Å². The summed E-state index contributed by atoms with van der Waals surface area (Å²) >= 11 is 0. The van der Waals surface area contributed by atoms with Gasteiger partial charge in [0.05, 0.1) is 12.4 Å². The van der Waals surface area contributed by atoms with Gasteiger partial charge in [0.2, 0.25) is 0 Å². The Kier molecular flexibility index (Phi) is 4.03. The van der Waals surface area contributed by atoms with Crippen LogP contribution >= 0.6 is 0 Å². The Morgan fingerprint density at radius 1 is 1.14 bits per heavy atom. The fourth-order valence-corrected chi connectivity index (χ4v) is 5.91. The monoisotopic (exact) mass is 377 g/mol. The SMILES string of the molecule is C[C@]12CC[C@@H]3c4ccc(Oc5ncc(N=O)cn5)cc4CC[C@H]3[C@@H]1CCC2=O. The molecule has 0 bridgehead atoms. The van der Waals surface area contributed by atoms with Gasteiger partial charge in [0, 0.05) is 11.8 Å². The average molecular weight is 377 g/mol. The van der Waals surface area contributed by atoms with Crippen molar-refractivity contribution < 1.29 is 9.53 Å². The normalized spacial score (nSPS) is 30.9. The zero-order valence-corrected chi connectivity index (χ0v) is 15.9. The molecule has 6 heteroatoms. The first-order valence-corrected chi connectivity index (χ1v) is 10.1. The fraction of sp³-hybridized carbons (Fsp3) is 0.500. The first-order chi connectivity index (χ1) is 13.6. The lowest BCUT2D eigenvalue weighted by molar-refractivity contribution is -0.129. The number of rotatable bonds is 3. The van der Waals surface area contributed by atoms with Crippen LogP contribution in [0.5, 0.6) is 11.8 Å². The number of benzene rings is 1. The number of aromatic nitrogens is 2. The molecule has 3 aliphatic carbocycles. The van der Waals surface area contributed by atoms with Crippen LogP contribution < -0.4 is 4.74 Å². The number of hydrogen-bond donors (Lipinski definition) is 0. The summed E-state index contributed by atoms with van der Waals surface area (Å²) in [5, 5.41) is 2.80. The number of fused-ring (bicyclic) bond motifs is 5. The van der Waals surface area contributed by atoms with Crippen LogP contribution in [0.15, 0.2) is 35.8 Å². The van der Waals surface area contributed by atoms with Crippen molar-refractivity contribution in [1.29, 1.82) is 0 Å². The van der Waals surface area contributed by atoms with Crippen molar-refractivity contribution in [2.75, 3.05) is 0 Å².